The Morgan fingerprint density at radius 2 is 2.00 bits per heavy atom. The molecule has 0 atom stereocenters. The molecule has 1 aromatic heterocycles. The van der Waals surface area contributed by atoms with Gasteiger partial charge in [-0.15, -0.1) is 11.3 Å². The lowest BCUT2D eigenvalue weighted by Gasteiger charge is -2.07. The molecule has 0 amide bonds. The molecule has 1 heterocycles. The van der Waals surface area contributed by atoms with E-state index in [0.29, 0.717) is 5.92 Å². The maximum absolute atomic E-state index is 4.87. The molecule has 4 heteroatoms. The first-order chi connectivity index (χ1) is 10.2. The summed E-state index contributed by atoms with van der Waals surface area (Å²) in [7, 11) is 0. The number of hydrogen-bond donors (Lipinski definition) is 1. The van der Waals surface area contributed by atoms with Crippen LogP contribution >= 0.6 is 23.1 Å². The fourth-order valence-corrected chi connectivity index (χ4v) is 3.85. The molecule has 0 aliphatic heterocycles. The minimum atomic E-state index is 0.674. The highest BCUT2D eigenvalue weighted by molar-refractivity contribution is 7.98. The molecule has 2 aromatic rings. The van der Waals surface area contributed by atoms with Crippen molar-refractivity contribution in [2.45, 2.75) is 33.1 Å². The molecule has 1 aromatic carbocycles. The van der Waals surface area contributed by atoms with E-state index in [0.717, 1.165) is 30.3 Å². The minimum Gasteiger partial charge on any atom is -0.312 e. The first-order valence-corrected chi connectivity index (χ1v) is 9.50. The van der Waals surface area contributed by atoms with E-state index in [1.54, 1.807) is 0 Å². The van der Waals surface area contributed by atoms with E-state index in [4.69, 9.17) is 4.98 Å². The van der Waals surface area contributed by atoms with E-state index >= 15 is 0 Å². The van der Waals surface area contributed by atoms with Crippen molar-refractivity contribution in [1.82, 2.24) is 10.3 Å². The van der Waals surface area contributed by atoms with E-state index < -0.39 is 0 Å². The van der Waals surface area contributed by atoms with Crippen molar-refractivity contribution >= 4 is 23.1 Å². The summed E-state index contributed by atoms with van der Waals surface area (Å²) in [6.07, 6.45) is 0. The number of benzene rings is 1. The summed E-state index contributed by atoms with van der Waals surface area (Å²) in [4.78, 5) is 6.23. The second-order valence-corrected chi connectivity index (χ2v) is 7.85. The Kier molecular flexibility index (Phi) is 6.74. The van der Waals surface area contributed by atoms with Crippen LogP contribution in [0.2, 0.25) is 0 Å². The second kappa shape index (κ2) is 8.57. The number of nitrogens with zero attached hydrogens (tertiary/aromatic N) is 1. The van der Waals surface area contributed by atoms with Gasteiger partial charge in [-0.1, -0.05) is 51.1 Å². The van der Waals surface area contributed by atoms with Gasteiger partial charge in [0.2, 0.25) is 0 Å². The highest BCUT2D eigenvalue weighted by Gasteiger charge is 2.12. The predicted molar refractivity (Wildman–Crippen MR) is 95.9 cm³/mol. The van der Waals surface area contributed by atoms with Gasteiger partial charge in [0.25, 0.3) is 0 Å². The highest BCUT2D eigenvalue weighted by Crippen LogP contribution is 2.30. The topological polar surface area (TPSA) is 24.9 Å². The van der Waals surface area contributed by atoms with Gasteiger partial charge in [-0.05, 0) is 18.2 Å². The number of hydrogen-bond acceptors (Lipinski definition) is 4. The van der Waals surface area contributed by atoms with Crippen LogP contribution in [0.3, 0.4) is 0 Å². The fraction of sp³-hybridized carbons (Fsp3) is 0.471. The zero-order valence-electron chi connectivity index (χ0n) is 13.1. The molecule has 0 saturated heterocycles. The molecule has 2 rings (SSSR count). The van der Waals surface area contributed by atoms with Crippen LogP contribution in [0.4, 0.5) is 0 Å². The Labute approximate surface area is 136 Å². The largest absolute Gasteiger partial charge is 0.312 e. The first-order valence-electron chi connectivity index (χ1n) is 7.53. The van der Waals surface area contributed by atoms with E-state index in [1.807, 2.05) is 23.1 Å². The Bertz CT molecular complexity index is 535. The molecule has 0 bridgehead atoms. The summed E-state index contributed by atoms with van der Waals surface area (Å²) in [6, 6.07) is 10.5. The van der Waals surface area contributed by atoms with Crippen molar-refractivity contribution in [1.29, 1.82) is 0 Å². The number of nitrogens with one attached hydrogen (secondary N) is 1. The average Bonchev–Trinajstić information content (AvgIpc) is 2.89. The van der Waals surface area contributed by atoms with Crippen molar-refractivity contribution in [2.75, 3.05) is 12.3 Å². The lowest BCUT2D eigenvalue weighted by molar-refractivity contribution is 0.555. The molecule has 0 aliphatic rings. The van der Waals surface area contributed by atoms with E-state index in [-0.39, 0.29) is 0 Å². The maximum Gasteiger partial charge on any atom is 0.103 e. The van der Waals surface area contributed by atoms with Crippen molar-refractivity contribution in [3.63, 3.8) is 0 Å². The monoisotopic (exact) mass is 320 g/mol. The quantitative estimate of drug-likeness (QED) is 0.755. The third-order valence-corrected chi connectivity index (χ3v) is 5.18. The molecule has 0 spiro atoms. The summed E-state index contributed by atoms with van der Waals surface area (Å²) in [5.74, 6) is 2.83. The zero-order chi connectivity index (χ0) is 15.1. The average molecular weight is 321 g/mol. The maximum atomic E-state index is 4.87. The second-order valence-electron chi connectivity index (χ2n) is 5.41. The Hall–Kier alpha value is -0.840. The number of thiazole rings is 1. The third kappa shape index (κ3) is 5.13. The molecule has 114 valence electrons. The fourth-order valence-electron chi connectivity index (χ4n) is 2.07. The molecule has 0 fully saturated rings. The summed E-state index contributed by atoms with van der Waals surface area (Å²) >= 11 is 3.79. The van der Waals surface area contributed by atoms with Crippen molar-refractivity contribution < 1.29 is 0 Å². The predicted octanol–water partition coefficient (Wildman–Crippen LogP) is 4.81. The van der Waals surface area contributed by atoms with Gasteiger partial charge in [-0.25, -0.2) is 4.98 Å². The number of aromatic nitrogens is 1. The van der Waals surface area contributed by atoms with Gasteiger partial charge in [-0.3, -0.25) is 0 Å². The van der Waals surface area contributed by atoms with Gasteiger partial charge in [0, 0.05) is 22.7 Å². The molecule has 0 unspecified atom stereocenters. The molecular formula is C17H24N2S2. The van der Waals surface area contributed by atoms with Gasteiger partial charge in [0.05, 0.1) is 5.69 Å². The Balaban J connectivity index is 2.17. The van der Waals surface area contributed by atoms with Crippen molar-refractivity contribution in [3.05, 3.63) is 40.2 Å². The third-order valence-electron chi connectivity index (χ3n) is 3.06. The summed E-state index contributed by atoms with van der Waals surface area (Å²) < 4.78 is 0. The molecule has 21 heavy (non-hydrogen) atoms. The van der Waals surface area contributed by atoms with Gasteiger partial charge < -0.3 is 5.32 Å². The Morgan fingerprint density at radius 3 is 2.67 bits per heavy atom. The summed E-state index contributed by atoms with van der Waals surface area (Å²) in [5.41, 5.74) is 2.38. The standard InChI is InChI=1S/C17H24N2S2/c1-4-20-12-16-19-17(14-8-6-5-7-9-14)15(21-16)11-18-10-13(2)3/h5-9,13,18H,4,10-12H2,1-3H3. The van der Waals surface area contributed by atoms with Gasteiger partial charge in [0.15, 0.2) is 0 Å². The van der Waals surface area contributed by atoms with Crippen LogP contribution in [0, 0.1) is 5.92 Å². The SMILES string of the molecule is CCSCc1nc(-c2ccccc2)c(CNCC(C)C)s1. The lowest BCUT2D eigenvalue weighted by atomic mass is 10.1. The van der Waals surface area contributed by atoms with E-state index in [1.165, 1.54) is 15.4 Å². The molecule has 0 aliphatic carbocycles. The van der Waals surface area contributed by atoms with Crippen molar-refractivity contribution in [3.8, 4) is 11.3 Å². The number of thioether (sulfide) groups is 1. The summed E-state index contributed by atoms with van der Waals surface area (Å²) in [6.45, 7) is 8.63. The van der Waals surface area contributed by atoms with Crippen LogP contribution in [0.25, 0.3) is 11.3 Å². The zero-order valence-corrected chi connectivity index (χ0v) is 14.7. The van der Waals surface area contributed by atoms with Gasteiger partial charge >= 0.3 is 0 Å². The normalized spacial score (nSPS) is 11.2. The van der Waals surface area contributed by atoms with Crippen molar-refractivity contribution in [2.24, 2.45) is 5.92 Å². The Morgan fingerprint density at radius 1 is 1.24 bits per heavy atom. The highest BCUT2D eigenvalue weighted by atomic mass is 32.2. The molecule has 0 saturated carbocycles. The smallest absolute Gasteiger partial charge is 0.103 e. The van der Waals surface area contributed by atoms with E-state index in [2.05, 4.69) is 56.4 Å². The lowest BCUT2D eigenvalue weighted by Crippen LogP contribution is -2.18. The van der Waals surface area contributed by atoms with Crippen LogP contribution in [0.1, 0.15) is 30.7 Å². The van der Waals surface area contributed by atoms with Crippen LogP contribution in [0.15, 0.2) is 30.3 Å². The number of rotatable bonds is 8. The first kappa shape index (κ1) is 16.5. The summed E-state index contributed by atoms with van der Waals surface area (Å²) in [5, 5.41) is 4.78. The molecule has 2 nitrogen and oxygen atoms in total. The molecular weight excluding hydrogens is 296 g/mol. The van der Waals surface area contributed by atoms with Crippen LogP contribution in [-0.4, -0.2) is 17.3 Å². The van der Waals surface area contributed by atoms with E-state index in [9.17, 15) is 0 Å². The molecule has 0 radical (unpaired) electrons. The van der Waals surface area contributed by atoms with Gasteiger partial charge in [-0.2, -0.15) is 11.8 Å². The van der Waals surface area contributed by atoms with Crippen LogP contribution in [0.5, 0.6) is 0 Å². The van der Waals surface area contributed by atoms with Gasteiger partial charge in [0.1, 0.15) is 5.01 Å². The molecule has 1 N–H and O–H groups in total. The van der Waals surface area contributed by atoms with Crippen LogP contribution < -0.4 is 5.32 Å². The minimum absolute atomic E-state index is 0.674. The van der Waals surface area contributed by atoms with Crippen LogP contribution in [-0.2, 0) is 12.3 Å².